The van der Waals surface area contributed by atoms with Crippen LogP contribution in [0.5, 0.6) is 0 Å². The number of hydrogen-bond donors (Lipinski definition) is 2. The van der Waals surface area contributed by atoms with Crippen molar-refractivity contribution < 1.29 is 19.4 Å². The molecule has 0 aromatic rings. The zero-order chi connectivity index (χ0) is 15.1. The lowest BCUT2D eigenvalue weighted by Gasteiger charge is -2.43. The summed E-state index contributed by atoms with van der Waals surface area (Å²) in [4.78, 5) is 21.3. The van der Waals surface area contributed by atoms with Crippen LogP contribution < -0.4 is 5.32 Å². The number of rotatable bonds is 7. The predicted octanol–water partition coefficient (Wildman–Crippen LogP) is 1.75. The number of carboxylic acids is 1. The topological polar surface area (TPSA) is 75.6 Å². The van der Waals surface area contributed by atoms with Crippen LogP contribution in [0.25, 0.3) is 0 Å². The first-order valence-corrected chi connectivity index (χ1v) is 9.61. The molecule has 2 N–H and O–H groups in total. The van der Waals surface area contributed by atoms with Gasteiger partial charge in [0, 0.05) is 11.9 Å². The summed E-state index contributed by atoms with van der Waals surface area (Å²) in [5.41, 5.74) is 0.0778. The summed E-state index contributed by atoms with van der Waals surface area (Å²) in [6, 6.07) is -0.769. The molecule has 0 aromatic carbocycles. The first kappa shape index (κ1) is 17.0. The Hall–Kier alpha value is -0.400. The molecule has 2 aliphatic heterocycles. The first-order chi connectivity index (χ1) is 10.2. The normalized spacial score (nSPS) is 26.2. The van der Waals surface area contributed by atoms with E-state index in [-0.39, 0.29) is 5.60 Å². The lowest BCUT2D eigenvalue weighted by atomic mass is 9.88. The fourth-order valence-corrected chi connectivity index (χ4v) is 5.56. The molecule has 2 heterocycles. The van der Waals surface area contributed by atoms with Gasteiger partial charge in [0.05, 0.1) is 5.60 Å². The predicted molar refractivity (Wildman–Crippen MR) is 86.0 cm³/mol. The summed E-state index contributed by atoms with van der Waals surface area (Å²) < 4.78 is 6.06. The number of carbonyl (C=O) groups excluding carboxylic acids is 1. The minimum atomic E-state index is -0.963. The van der Waals surface area contributed by atoms with E-state index in [1.807, 2.05) is 23.5 Å². The molecule has 1 spiro atoms. The largest absolute Gasteiger partial charge is 0.480 e. The molecule has 0 aromatic heterocycles. The number of aliphatic carboxylic acids is 1. The van der Waals surface area contributed by atoms with E-state index in [9.17, 15) is 9.59 Å². The summed E-state index contributed by atoms with van der Waals surface area (Å²) in [7, 11) is 0. The second-order valence-corrected chi connectivity index (χ2v) is 8.23. The molecule has 0 aliphatic carbocycles. The summed E-state index contributed by atoms with van der Waals surface area (Å²) in [5, 5.41) is 11.9. The summed E-state index contributed by atoms with van der Waals surface area (Å²) in [5.74, 6) is 2.16. The van der Waals surface area contributed by atoms with Crippen molar-refractivity contribution >= 4 is 35.9 Å². The Morgan fingerprint density at radius 1 is 1.52 bits per heavy atom. The Bertz CT molecular complexity index is 355. The highest BCUT2D eigenvalue weighted by atomic mass is 32.2. The van der Waals surface area contributed by atoms with Crippen LogP contribution in [0, 0.1) is 0 Å². The molecule has 2 unspecified atom stereocenters. The van der Waals surface area contributed by atoms with Crippen LogP contribution in [0.2, 0.25) is 0 Å². The van der Waals surface area contributed by atoms with Gasteiger partial charge in [0.15, 0.2) is 0 Å². The molecule has 0 saturated carbocycles. The maximum atomic E-state index is 11.0. The van der Waals surface area contributed by atoms with Gasteiger partial charge in [-0.25, -0.2) is 4.79 Å². The van der Waals surface area contributed by atoms with E-state index in [0.29, 0.717) is 18.1 Å². The van der Waals surface area contributed by atoms with Crippen LogP contribution in [-0.2, 0) is 14.3 Å². The standard InChI is InChI=1S/C14H23NO4S2/c16-10-15-12(13(17)18)2-6-21-11-1-5-19-14(9-11)3-7-20-8-4-14/h10-12H,1-9H2,(H,15,16)(H,17,18). The van der Waals surface area contributed by atoms with Crippen molar-refractivity contribution in [1.82, 2.24) is 5.32 Å². The Kier molecular flexibility index (Phi) is 6.70. The maximum Gasteiger partial charge on any atom is 0.326 e. The van der Waals surface area contributed by atoms with E-state index in [2.05, 4.69) is 5.32 Å². The van der Waals surface area contributed by atoms with Gasteiger partial charge in [-0.3, -0.25) is 4.79 Å². The number of hydrogen-bond acceptors (Lipinski definition) is 5. The van der Waals surface area contributed by atoms with Crippen molar-refractivity contribution in [3.05, 3.63) is 0 Å². The third-order valence-electron chi connectivity index (χ3n) is 4.18. The molecule has 2 aliphatic rings. The monoisotopic (exact) mass is 333 g/mol. The molecular weight excluding hydrogens is 310 g/mol. The fourth-order valence-electron chi connectivity index (χ4n) is 2.93. The second kappa shape index (κ2) is 8.29. The van der Waals surface area contributed by atoms with Gasteiger partial charge < -0.3 is 15.2 Å². The maximum absolute atomic E-state index is 11.0. The number of carbonyl (C=O) groups is 2. The molecule has 2 fully saturated rings. The van der Waals surface area contributed by atoms with Crippen molar-refractivity contribution in [3.63, 3.8) is 0 Å². The molecule has 7 heteroatoms. The minimum Gasteiger partial charge on any atom is -0.480 e. The second-order valence-electron chi connectivity index (χ2n) is 5.59. The fraction of sp³-hybridized carbons (Fsp3) is 0.857. The minimum absolute atomic E-state index is 0.0778. The smallest absolute Gasteiger partial charge is 0.326 e. The quantitative estimate of drug-likeness (QED) is 0.692. The van der Waals surface area contributed by atoms with Crippen molar-refractivity contribution in [2.45, 2.75) is 49.0 Å². The Morgan fingerprint density at radius 3 is 2.95 bits per heavy atom. The van der Waals surface area contributed by atoms with Gasteiger partial charge in [0.1, 0.15) is 6.04 Å². The molecule has 0 bridgehead atoms. The Morgan fingerprint density at radius 2 is 2.29 bits per heavy atom. The van der Waals surface area contributed by atoms with Crippen LogP contribution in [0.15, 0.2) is 0 Å². The van der Waals surface area contributed by atoms with Crippen molar-refractivity contribution in [1.29, 1.82) is 0 Å². The zero-order valence-corrected chi connectivity index (χ0v) is 13.7. The Labute approximate surface area is 133 Å². The molecule has 2 atom stereocenters. The molecule has 0 radical (unpaired) electrons. The molecular formula is C14H23NO4S2. The van der Waals surface area contributed by atoms with Gasteiger partial charge in [0.2, 0.25) is 6.41 Å². The molecule has 5 nitrogen and oxygen atoms in total. The van der Waals surface area contributed by atoms with Crippen LogP contribution in [0.1, 0.15) is 32.1 Å². The van der Waals surface area contributed by atoms with Gasteiger partial charge in [0.25, 0.3) is 0 Å². The van der Waals surface area contributed by atoms with E-state index >= 15 is 0 Å². The van der Waals surface area contributed by atoms with E-state index in [1.54, 1.807) is 0 Å². The highest BCUT2D eigenvalue weighted by Gasteiger charge is 2.38. The number of carboxylic acid groups (broad SMARTS) is 1. The van der Waals surface area contributed by atoms with Gasteiger partial charge in [-0.2, -0.15) is 23.5 Å². The van der Waals surface area contributed by atoms with Crippen molar-refractivity contribution in [2.75, 3.05) is 23.9 Å². The molecule has 120 valence electrons. The first-order valence-electron chi connectivity index (χ1n) is 7.41. The highest BCUT2D eigenvalue weighted by molar-refractivity contribution is 8.00. The number of amides is 1. The third kappa shape index (κ3) is 5.07. The highest BCUT2D eigenvalue weighted by Crippen LogP contribution is 2.40. The molecule has 21 heavy (non-hydrogen) atoms. The van der Waals surface area contributed by atoms with Crippen LogP contribution in [0.4, 0.5) is 0 Å². The number of thioether (sulfide) groups is 2. The molecule has 1 amide bonds. The lowest BCUT2D eigenvalue weighted by molar-refractivity contribution is -0.140. The van der Waals surface area contributed by atoms with Gasteiger partial charge in [-0.1, -0.05) is 0 Å². The van der Waals surface area contributed by atoms with E-state index in [0.717, 1.165) is 38.0 Å². The Balaban J connectivity index is 1.75. The van der Waals surface area contributed by atoms with Crippen molar-refractivity contribution in [2.24, 2.45) is 0 Å². The summed E-state index contributed by atoms with van der Waals surface area (Å²) in [6.45, 7) is 0.817. The van der Waals surface area contributed by atoms with Crippen molar-refractivity contribution in [3.8, 4) is 0 Å². The summed E-state index contributed by atoms with van der Waals surface area (Å²) in [6.07, 6.45) is 5.33. The number of ether oxygens (including phenoxy) is 1. The van der Waals surface area contributed by atoms with Gasteiger partial charge >= 0.3 is 5.97 Å². The van der Waals surface area contributed by atoms with Gasteiger partial charge in [-0.05, 0) is 49.4 Å². The summed E-state index contributed by atoms with van der Waals surface area (Å²) >= 11 is 3.83. The van der Waals surface area contributed by atoms with E-state index < -0.39 is 12.0 Å². The third-order valence-corrected chi connectivity index (χ3v) is 6.51. The lowest BCUT2D eigenvalue weighted by Crippen LogP contribution is -2.44. The van der Waals surface area contributed by atoms with E-state index in [4.69, 9.17) is 9.84 Å². The van der Waals surface area contributed by atoms with Crippen LogP contribution in [-0.4, -0.2) is 58.2 Å². The van der Waals surface area contributed by atoms with E-state index in [1.165, 1.54) is 11.5 Å². The zero-order valence-electron chi connectivity index (χ0n) is 12.1. The molecule has 2 rings (SSSR count). The van der Waals surface area contributed by atoms with Crippen LogP contribution in [0.3, 0.4) is 0 Å². The SMILES string of the molecule is O=CNC(CCSC1CCOC2(CCSCC2)C1)C(=O)O. The van der Waals surface area contributed by atoms with Crippen LogP contribution >= 0.6 is 23.5 Å². The average molecular weight is 333 g/mol. The average Bonchev–Trinajstić information content (AvgIpc) is 2.47. The number of nitrogens with one attached hydrogen (secondary N) is 1. The molecule has 2 saturated heterocycles. The van der Waals surface area contributed by atoms with Gasteiger partial charge in [-0.15, -0.1) is 0 Å².